The van der Waals surface area contributed by atoms with Gasteiger partial charge < -0.3 is 10.0 Å². The van der Waals surface area contributed by atoms with E-state index in [0.717, 1.165) is 30.8 Å². The van der Waals surface area contributed by atoms with E-state index >= 15 is 0 Å². The Kier molecular flexibility index (Phi) is 10.2. The van der Waals surface area contributed by atoms with Crippen LogP contribution < -0.4 is 0 Å². The van der Waals surface area contributed by atoms with Crippen LogP contribution >= 0.6 is 0 Å². The normalized spacial score (nSPS) is 18.4. The summed E-state index contributed by atoms with van der Waals surface area (Å²) in [5.74, 6) is -1.86. The second-order valence-corrected chi connectivity index (χ2v) is 8.22. The van der Waals surface area contributed by atoms with Crippen LogP contribution in [0.4, 0.5) is 13.2 Å². The molecule has 6 nitrogen and oxygen atoms in total. The Bertz CT molecular complexity index is 735. The molecule has 1 saturated carbocycles. The van der Waals surface area contributed by atoms with Crippen molar-refractivity contribution < 1.29 is 23.1 Å². The molecule has 0 unspecified atom stereocenters. The smallest absolute Gasteiger partial charge is 0.475 e. The van der Waals surface area contributed by atoms with E-state index in [4.69, 9.17) is 9.90 Å². The molecule has 31 heavy (non-hydrogen) atoms. The Hall–Kier alpha value is -2.21. The van der Waals surface area contributed by atoms with Gasteiger partial charge in [-0.15, -0.1) is 0 Å². The number of halogens is 3. The van der Waals surface area contributed by atoms with Crippen molar-refractivity contribution in [2.75, 3.05) is 19.6 Å². The van der Waals surface area contributed by atoms with E-state index in [1.54, 1.807) is 0 Å². The van der Waals surface area contributed by atoms with Gasteiger partial charge in [0.15, 0.2) is 0 Å². The van der Waals surface area contributed by atoms with Crippen LogP contribution in [0, 0.1) is 11.3 Å². The number of nitrogens with zero attached hydrogens (tertiary/aromatic N) is 4. The third-order valence-corrected chi connectivity index (χ3v) is 5.77. The van der Waals surface area contributed by atoms with Gasteiger partial charge in [-0.05, 0) is 64.2 Å². The van der Waals surface area contributed by atoms with Crippen molar-refractivity contribution in [1.82, 2.24) is 14.9 Å². The fourth-order valence-electron chi connectivity index (χ4n) is 4.15. The lowest BCUT2D eigenvalue weighted by molar-refractivity contribution is -0.192. The van der Waals surface area contributed by atoms with E-state index in [9.17, 15) is 18.4 Å². The number of aryl methyl sites for hydroxylation is 1. The molecular weight excluding hydrogens is 409 g/mol. The van der Waals surface area contributed by atoms with Crippen molar-refractivity contribution in [2.45, 2.75) is 82.7 Å². The molecule has 172 valence electrons. The molecule has 0 spiro atoms. The summed E-state index contributed by atoms with van der Waals surface area (Å²) in [6.07, 6.45) is 8.80. The minimum atomic E-state index is -5.08. The molecule has 3 rings (SSSR count). The number of rotatable bonds is 5. The minimum Gasteiger partial charge on any atom is -0.475 e. The van der Waals surface area contributed by atoms with E-state index in [1.165, 1.54) is 70.9 Å². The molecule has 2 aliphatic rings. The Morgan fingerprint density at radius 1 is 1.10 bits per heavy atom. The molecule has 0 atom stereocenters. The number of carbonyl (C=O) groups is 1. The summed E-state index contributed by atoms with van der Waals surface area (Å²) in [5.41, 5.74) is 2.19. The summed E-state index contributed by atoms with van der Waals surface area (Å²) in [6.45, 7) is 3.66. The second-order valence-electron chi connectivity index (χ2n) is 8.22. The van der Waals surface area contributed by atoms with Gasteiger partial charge >= 0.3 is 12.1 Å². The molecule has 0 radical (unpaired) electrons. The SMILES string of the molecule is N#Cc1nc(CCCN2CCCCC2)cc(C2CCCCCC2)n1.O=C(O)C(F)(F)F. The molecule has 1 aliphatic carbocycles. The highest BCUT2D eigenvalue weighted by Crippen LogP contribution is 2.30. The standard InChI is InChI=1S/C20H30N4.C2HF3O2/c21-16-20-22-18(11-8-14-24-12-6-3-7-13-24)15-19(23-20)17-9-4-1-2-5-10-17;3-2(4,5)1(6)7/h15,17H,1-14H2;(H,6,7). The third kappa shape index (κ3) is 9.21. The van der Waals surface area contributed by atoms with Crippen molar-refractivity contribution in [1.29, 1.82) is 5.26 Å². The molecule has 9 heteroatoms. The van der Waals surface area contributed by atoms with Crippen molar-refractivity contribution in [2.24, 2.45) is 0 Å². The fraction of sp³-hybridized carbons (Fsp3) is 0.727. The van der Waals surface area contributed by atoms with Crippen LogP contribution in [0.15, 0.2) is 6.07 Å². The zero-order valence-electron chi connectivity index (χ0n) is 17.8. The first kappa shape index (κ1) is 25.1. The first-order valence-corrected chi connectivity index (χ1v) is 11.1. The lowest BCUT2D eigenvalue weighted by Gasteiger charge is -2.26. The first-order valence-electron chi connectivity index (χ1n) is 11.1. The van der Waals surface area contributed by atoms with Crippen molar-refractivity contribution in [3.8, 4) is 6.07 Å². The van der Waals surface area contributed by atoms with Crippen LogP contribution in [0.5, 0.6) is 0 Å². The summed E-state index contributed by atoms with van der Waals surface area (Å²) in [7, 11) is 0. The monoisotopic (exact) mass is 440 g/mol. The number of piperidine rings is 1. The van der Waals surface area contributed by atoms with Gasteiger partial charge in [-0.3, -0.25) is 0 Å². The molecular formula is C22H31F3N4O2. The summed E-state index contributed by atoms with van der Waals surface area (Å²) < 4.78 is 31.7. The number of hydrogen-bond acceptors (Lipinski definition) is 5. The molecule has 1 aliphatic heterocycles. The first-order chi connectivity index (χ1) is 14.8. The van der Waals surface area contributed by atoms with Gasteiger partial charge in [0.25, 0.3) is 0 Å². The molecule has 0 bridgehead atoms. The summed E-state index contributed by atoms with van der Waals surface area (Å²) in [6, 6.07) is 4.36. The molecule has 2 fully saturated rings. The third-order valence-electron chi connectivity index (χ3n) is 5.77. The van der Waals surface area contributed by atoms with Crippen LogP contribution in [-0.4, -0.2) is 51.8 Å². The fourth-order valence-corrected chi connectivity index (χ4v) is 4.15. The molecule has 1 N–H and O–H groups in total. The zero-order valence-corrected chi connectivity index (χ0v) is 17.8. The maximum absolute atomic E-state index is 10.6. The molecule has 0 amide bonds. The Balaban J connectivity index is 0.000000423. The van der Waals surface area contributed by atoms with Gasteiger partial charge in [0.2, 0.25) is 5.82 Å². The highest BCUT2D eigenvalue weighted by atomic mass is 19.4. The van der Waals surface area contributed by atoms with Crippen LogP contribution in [0.25, 0.3) is 0 Å². The van der Waals surface area contributed by atoms with E-state index < -0.39 is 12.1 Å². The van der Waals surface area contributed by atoms with E-state index in [2.05, 4.69) is 27.0 Å². The van der Waals surface area contributed by atoms with E-state index in [-0.39, 0.29) is 0 Å². The number of aliphatic carboxylic acids is 1. The number of carboxylic acids is 1. The Labute approximate surface area is 181 Å². The molecule has 2 heterocycles. The highest BCUT2D eigenvalue weighted by Gasteiger charge is 2.38. The highest BCUT2D eigenvalue weighted by molar-refractivity contribution is 5.73. The van der Waals surface area contributed by atoms with E-state index in [1.807, 2.05) is 0 Å². The number of hydrogen-bond donors (Lipinski definition) is 1. The average molecular weight is 441 g/mol. The number of aromatic nitrogens is 2. The quantitative estimate of drug-likeness (QED) is 0.659. The topological polar surface area (TPSA) is 90.1 Å². The summed E-state index contributed by atoms with van der Waals surface area (Å²) in [4.78, 5) is 20.5. The van der Waals surface area contributed by atoms with Crippen molar-refractivity contribution in [3.63, 3.8) is 0 Å². The molecule has 1 aromatic rings. The lowest BCUT2D eigenvalue weighted by atomic mass is 9.95. The van der Waals surface area contributed by atoms with E-state index in [0.29, 0.717) is 11.7 Å². The Morgan fingerprint density at radius 2 is 1.68 bits per heavy atom. The number of nitriles is 1. The summed E-state index contributed by atoms with van der Waals surface area (Å²) in [5, 5.41) is 16.4. The largest absolute Gasteiger partial charge is 0.490 e. The zero-order chi connectivity index (χ0) is 22.7. The van der Waals surface area contributed by atoms with Gasteiger partial charge in [0, 0.05) is 17.3 Å². The van der Waals surface area contributed by atoms with Gasteiger partial charge in [-0.1, -0.05) is 32.1 Å². The number of alkyl halides is 3. The maximum atomic E-state index is 10.6. The lowest BCUT2D eigenvalue weighted by Crippen LogP contribution is -2.30. The molecule has 0 aromatic carbocycles. The van der Waals surface area contributed by atoms with Gasteiger partial charge in [0.05, 0.1) is 0 Å². The van der Waals surface area contributed by atoms with Gasteiger partial charge in [0.1, 0.15) is 6.07 Å². The van der Waals surface area contributed by atoms with Gasteiger partial charge in [-0.2, -0.15) is 18.4 Å². The molecule has 1 saturated heterocycles. The number of likely N-dealkylation sites (tertiary alicyclic amines) is 1. The van der Waals surface area contributed by atoms with Crippen LogP contribution in [0.2, 0.25) is 0 Å². The summed E-state index contributed by atoms with van der Waals surface area (Å²) >= 11 is 0. The minimum absolute atomic E-state index is 0.365. The predicted octanol–water partition coefficient (Wildman–Crippen LogP) is 4.84. The van der Waals surface area contributed by atoms with Gasteiger partial charge in [-0.25, -0.2) is 14.8 Å². The van der Waals surface area contributed by atoms with Crippen molar-refractivity contribution >= 4 is 5.97 Å². The van der Waals surface area contributed by atoms with Crippen LogP contribution in [-0.2, 0) is 11.2 Å². The van der Waals surface area contributed by atoms with Crippen LogP contribution in [0.1, 0.15) is 87.3 Å². The van der Waals surface area contributed by atoms with Crippen LogP contribution in [0.3, 0.4) is 0 Å². The molecule has 1 aromatic heterocycles. The predicted molar refractivity (Wildman–Crippen MR) is 109 cm³/mol. The maximum Gasteiger partial charge on any atom is 0.490 e. The number of carboxylic acid groups (broad SMARTS) is 1. The Morgan fingerprint density at radius 3 is 2.23 bits per heavy atom. The second kappa shape index (κ2) is 12.6. The average Bonchev–Trinajstić information content (AvgIpc) is 3.04. The van der Waals surface area contributed by atoms with Crippen molar-refractivity contribution in [3.05, 3.63) is 23.3 Å².